The topological polar surface area (TPSA) is 112 Å². The Kier molecular flexibility index (Phi) is 4.32. The number of aliphatic carboxylic acids is 1. The van der Waals surface area contributed by atoms with Crippen LogP contribution in [0.4, 0.5) is 0 Å². The van der Waals surface area contributed by atoms with Crippen molar-refractivity contribution in [2.45, 2.75) is 0 Å². The number of nitrogens with zero attached hydrogens (tertiary/aromatic N) is 2. The van der Waals surface area contributed by atoms with E-state index in [0.29, 0.717) is 20.8 Å². The van der Waals surface area contributed by atoms with E-state index in [4.69, 9.17) is 16.7 Å². The molecule has 0 unspecified atom stereocenters. The molecule has 3 aromatic rings. The standard InChI is InChI=1S/C15H10ClN3O4S/c16-8-3-1-7(2-4-8)12-11-9(24-19-12)5-17-13(14(11)22)15(23)18-6-10(20)21/h1-5,22H,6H2,(H,18,23)(H,20,21). The second-order valence-electron chi connectivity index (χ2n) is 4.81. The number of fused-ring (bicyclic) bond motifs is 1. The Morgan fingerprint density at radius 3 is 2.62 bits per heavy atom. The van der Waals surface area contributed by atoms with Crippen LogP contribution in [0.25, 0.3) is 21.3 Å². The Labute approximate surface area is 144 Å². The predicted molar refractivity (Wildman–Crippen MR) is 89.5 cm³/mol. The summed E-state index contributed by atoms with van der Waals surface area (Å²) >= 11 is 7.01. The fraction of sp³-hybridized carbons (Fsp3) is 0.0667. The fourth-order valence-electron chi connectivity index (χ4n) is 2.13. The first-order valence-electron chi connectivity index (χ1n) is 6.70. The average molecular weight is 364 g/mol. The van der Waals surface area contributed by atoms with Crippen LogP contribution in [-0.2, 0) is 4.79 Å². The summed E-state index contributed by atoms with van der Waals surface area (Å²) in [4.78, 5) is 26.4. The summed E-state index contributed by atoms with van der Waals surface area (Å²) in [6.07, 6.45) is 1.42. The van der Waals surface area contributed by atoms with Crippen molar-refractivity contribution in [1.82, 2.24) is 14.7 Å². The minimum atomic E-state index is -1.19. The highest BCUT2D eigenvalue weighted by Crippen LogP contribution is 2.38. The average Bonchev–Trinajstić information content (AvgIpc) is 2.98. The molecule has 1 aromatic carbocycles. The Balaban J connectivity index is 2.07. The highest BCUT2D eigenvalue weighted by atomic mass is 35.5. The highest BCUT2D eigenvalue weighted by Gasteiger charge is 2.21. The van der Waals surface area contributed by atoms with E-state index >= 15 is 0 Å². The zero-order chi connectivity index (χ0) is 17.3. The zero-order valence-electron chi connectivity index (χ0n) is 12.0. The van der Waals surface area contributed by atoms with Gasteiger partial charge in [0.1, 0.15) is 6.54 Å². The Hall–Kier alpha value is -2.71. The molecule has 7 nitrogen and oxygen atoms in total. The van der Waals surface area contributed by atoms with Crippen LogP contribution in [0.2, 0.25) is 5.02 Å². The van der Waals surface area contributed by atoms with Crippen molar-refractivity contribution in [3.8, 4) is 17.0 Å². The third-order valence-corrected chi connectivity index (χ3v) is 4.26. The third-order valence-electron chi connectivity index (χ3n) is 3.22. The monoisotopic (exact) mass is 363 g/mol. The van der Waals surface area contributed by atoms with Crippen molar-refractivity contribution in [3.05, 3.63) is 41.2 Å². The number of rotatable bonds is 4. The van der Waals surface area contributed by atoms with E-state index in [1.807, 2.05) is 0 Å². The number of aromatic hydroxyl groups is 1. The molecule has 0 aliphatic heterocycles. The van der Waals surface area contributed by atoms with E-state index in [1.54, 1.807) is 24.3 Å². The van der Waals surface area contributed by atoms with Gasteiger partial charge in [0.2, 0.25) is 0 Å². The molecule has 0 atom stereocenters. The van der Waals surface area contributed by atoms with Gasteiger partial charge in [-0.2, -0.15) is 4.37 Å². The van der Waals surface area contributed by atoms with Gasteiger partial charge >= 0.3 is 5.97 Å². The summed E-state index contributed by atoms with van der Waals surface area (Å²) in [7, 11) is 0. The molecule has 0 radical (unpaired) electrons. The number of benzene rings is 1. The number of carboxylic acid groups (broad SMARTS) is 1. The van der Waals surface area contributed by atoms with Crippen molar-refractivity contribution in [1.29, 1.82) is 0 Å². The summed E-state index contributed by atoms with van der Waals surface area (Å²) in [6.45, 7) is -0.566. The molecule has 0 spiro atoms. The normalized spacial score (nSPS) is 10.7. The van der Waals surface area contributed by atoms with Crippen molar-refractivity contribution in [2.75, 3.05) is 6.54 Å². The van der Waals surface area contributed by atoms with Crippen molar-refractivity contribution in [2.24, 2.45) is 0 Å². The molecule has 0 saturated carbocycles. The maximum atomic E-state index is 12.0. The molecule has 0 fully saturated rings. The van der Waals surface area contributed by atoms with Crippen LogP contribution in [0.3, 0.4) is 0 Å². The molecule has 0 saturated heterocycles. The second kappa shape index (κ2) is 6.42. The summed E-state index contributed by atoms with van der Waals surface area (Å²) < 4.78 is 4.91. The van der Waals surface area contributed by atoms with Crippen LogP contribution in [0, 0.1) is 0 Å². The van der Waals surface area contributed by atoms with E-state index in [2.05, 4.69) is 14.7 Å². The quantitative estimate of drug-likeness (QED) is 0.656. The van der Waals surface area contributed by atoms with E-state index in [0.717, 1.165) is 17.1 Å². The Morgan fingerprint density at radius 2 is 1.96 bits per heavy atom. The molecule has 2 aromatic heterocycles. The van der Waals surface area contributed by atoms with Gasteiger partial charge in [0.05, 0.1) is 15.8 Å². The number of nitrogens with one attached hydrogen (secondary N) is 1. The number of hydrogen-bond acceptors (Lipinski definition) is 6. The molecule has 24 heavy (non-hydrogen) atoms. The van der Waals surface area contributed by atoms with Gasteiger partial charge < -0.3 is 15.5 Å². The molecule has 0 aliphatic carbocycles. The maximum absolute atomic E-state index is 12.0. The molecular weight excluding hydrogens is 354 g/mol. The molecule has 9 heteroatoms. The van der Waals surface area contributed by atoms with Gasteiger partial charge in [-0.1, -0.05) is 23.7 Å². The number of carbonyl (C=O) groups excluding carboxylic acids is 1. The number of pyridine rings is 1. The summed E-state index contributed by atoms with van der Waals surface area (Å²) in [6, 6.07) is 6.89. The largest absolute Gasteiger partial charge is 0.505 e. The minimum absolute atomic E-state index is 0.251. The third kappa shape index (κ3) is 3.01. The van der Waals surface area contributed by atoms with Gasteiger partial charge in [-0.05, 0) is 23.7 Å². The maximum Gasteiger partial charge on any atom is 0.322 e. The van der Waals surface area contributed by atoms with E-state index < -0.39 is 18.4 Å². The van der Waals surface area contributed by atoms with Crippen LogP contribution >= 0.6 is 23.1 Å². The van der Waals surface area contributed by atoms with Crippen LogP contribution in [-0.4, -0.2) is 38.0 Å². The van der Waals surface area contributed by atoms with E-state index in [9.17, 15) is 14.7 Å². The molecule has 0 aliphatic rings. The molecule has 0 bridgehead atoms. The molecule has 122 valence electrons. The first-order chi connectivity index (χ1) is 11.5. The van der Waals surface area contributed by atoms with Crippen LogP contribution in [0.5, 0.6) is 5.75 Å². The predicted octanol–water partition coefficient (Wildman–Crippen LogP) is 2.53. The molecule has 1 amide bonds. The first-order valence-corrected chi connectivity index (χ1v) is 7.86. The number of amides is 1. The van der Waals surface area contributed by atoms with Crippen LogP contribution in [0.1, 0.15) is 10.5 Å². The number of hydrogen-bond donors (Lipinski definition) is 3. The van der Waals surface area contributed by atoms with Crippen molar-refractivity contribution in [3.63, 3.8) is 0 Å². The lowest BCUT2D eigenvalue weighted by atomic mass is 10.1. The lowest BCUT2D eigenvalue weighted by Crippen LogP contribution is -2.29. The SMILES string of the molecule is O=C(O)CNC(=O)c1ncc2snc(-c3ccc(Cl)cc3)c2c1O. The lowest BCUT2D eigenvalue weighted by Gasteiger charge is -2.06. The zero-order valence-corrected chi connectivity index (χ0v) is 13.6. The number of aromatic nitrogens is 2. The summed E-state index contributed by atoms with van der Waals surface area (Å²) in [5.41, 5.74) is 0.974. The lowest BCUT2D eigenvalue weighted by molar-refractivity contribution is -0.135. The molecular formula is C15H10ClN3O4S. The molecule has 2 heterocycles. The number of carboxylic acids is 1. The molecule has 3 rings (SSSR count). The van der Waals surface area contributed by atoms with Crippen LogP contribution in [0.15, 0.2) is 30.5 Å². The van der Waals surface area contributed by atoms with Crippen molar-refractivity contribution >= 4 is 45.1 Å². The van der Waals surface area contributed by atoms with Gasteiger partial charge in [-0.25, -0.2) is 4.98 Å². The van der Waals surface area contributed by atoms with Gasteiger partial charge in [0.25, 0.3) is 5.91 Å². The van der Waals surface area contributed by atoms with E-state index in [1.165, 1.54) is 6.20 Å². The summed E-state index contributed by atoms with van der Waals surface area (Å²) in [5.74, 6) is -2.30. The van der Waals surface area contributed by atoms with Gasteiger partial charge in [0.15, 0.2) is 11.4 Å². The number of carbonyl (C=O) groups is 2. The first kappa shape index (κ1) is 16.2. The van der Waals surface area contributed by atoms with Gasteiger partial charge in [0, 0.05) is 16.8 Å². The van der Waals surface area contributed by atoms with Gasteiger partial charge in [-0.3, -0.25) is 9.59 Å². The Morgan fingerprint density at radius 1 is 1.25 bits per heavy atom. The smallest absolute Gasteiger partial charge is 0.322 e. The second-order valence-corrected chi connectivity index (χ2v) is 6.05. The summed E-state index contributed by atoms with van der Waals surface area (Å²) in [5, 5.41) is 22.2. The number of halogens is 1. The minimum Gasteiger partial charge on any atom is -0.505 e. The van der Waals surface area contributed by atoms with Crippen LogP contribution < -0.4 is 5.32 Å². The van der Waals surface area contributed by atoms with E-state index in [-0.39, 0.29) is 11.4 Å². The fourth-order valence-corrected chi connectivity index (χ4v) is 3.03. The van der Waals surface area contributed by atoms with Gasteiger partial charge in [-0.15, -0.1) is 0 Å². The highest BCUT2D eigenvalue weighted by molar-refractivity contribution is 7.13. The van der Waals surface area contributed by atoms with Crippen molar-refractivity contribution < 1.29 is 19.8 Å². The molecule has 3 N–H and O–H groups in total. The Bertz CT molecular complexity index is 940.